The van der Waals surface area contributed by atoms with Crippen LogP contribution in [0.3, 0.4) is 0 Å². The molecule has 0 saturated carbocycles. The normalized spacial score (nSPS) is 10.6. The van der Waals surface area contributed by atoms with E-state index in [9.17, 15) is 14.0 Å². The van der Waals surface area contributed by atoms with Crippen molar-refractivity contribution in [3.63, 3.8) is 0 Å². The van der Waals surface area contributed by atoms with Gasteiger partial charge in [0.05, 0.1) is 5.69 Å². The van der Waals surface area contributed by atoms with Crippen LogP contribution in [0, 0.1) is 5.82 Å². The molecule has 96 valence electrons. The lowest BCUT2D eigenvalue weighted by molar-refractivity contribution is -0.131. The second-order valence-corrected chi connectivity index (χ2v) is 3.39. The molecule has 0 atom stereocenters. The molecule has 0 bridgehead atoms. The maximum atomic E-state index is 13.5. The third-order valence-electron chi connectivity index (χ3n) is 1.96. The van der Waals surface area contributed by atoms with Crippen molar-refractivity contribution in [3.8, 4) is 0 Å². The van der Waals surface area contributed by atoms with Gasteiger partial charge in [-0.2, -0.15) is 0 Å². The van der Waals surface area contributed by atoms with Crippen molar-refractivity contribution >= 4 is 23.6 Å². The standard InChI is InChI=1S/C12H12FNO4/c1-18-7-11(15)14-10-4-2-8(6-9(10)13)3-5-12(16)17/h2-6H,7H2,1H3,(H,14,15)(H,16,17)/b5-3+. The molecule has 0 aliphatic heterocycles. The molecule has 1 rings (SSSR count). The van der Waals surface area contributed by atoms with Gasteiger partial charge in [0.25, 0.3) is 0 Å². The van der Waals surface area contributed by atoms with Gasteiger partial charge in [-0.15, -0.1) is 0 Å². The Balaban J connectivity index is 2.79. The highest BCUT2D eigenvalue weighted by molar-refractivity contribution is 5.92. The predicted molar refractivity (Wildman–Crippen MR) is 63.6 cm³/mol. The average molecular weight is 253 g/mol. The molecule has 2 N–H and O–H groups in total. The number of benzene rings is 1. The van der Waals surface area contributed by atoms with Crippen molar-refractivity contribution in [2.75, 3.05) is 19.0 Å². The number of carboxylic acid groups (broad SMARTS) is 1. The molecule has 0 unspecified atom stereocenters. The zero-order valence-electron chi connectivity index (χ0n) is 9.64. The summed E-state index contributed by atoms with van der Waals surface area (Å²) in [6, 6.07) is 3.97. The number of hydrogen-bond acceptors (Lipinski definition) is 3. The molecular formula is C12H12FNO4. The highest BCUT2D eigenvalue weighted by Crippen LogP contribution is 2.16. The molecule has 1 aromatic rings. The molecule has 0 fully saturated rings. The van der Waals surface area contributed by atoms with Crippen LogP contribution < -0.4 is 5.32 Å². The van der Waals surface area contributed by atoms with E-state index in [1.54, 1.807) is 0 Å². The minimum Gasteiger partial charge on any atom is -0.478 e. The van der Waals surface area contributed by atoms with Crippen LogP contribution in [0.15, 0.2) is 24.3 Å². The fourth-order valence-corrected chi connectivity index (χ4v) is 1.22. The summed E-state index contributed by atoms with van der Waals surface area (Å²) >= 11 is 0. The van der Waals surface area contributed by atoms with Crippen LogP contribution in [0.4, 0.5) is 10.1 Å². The van der Waals surface area contributed by atoms with E-state index in [-0.39, 0.29) is 12.3 Å². The van der Waals surface area contributed by atoms with Crippen LogP contribution in [0.5, 0.6) is 0 Å². The molecule has 0 spiro atoms. The average Bonchev–Trinajstić information content (AvgIpc) is 2.30. The Morgan fingerprint density at radius 1 is 1.50 bits per heavy atom. The summed E-state index contributed by atoms with van der Waals surface area (Å²) in [6.07, 6.45) is 2.16. The van der Waals surface area contributed by atoms with E-state index < -0.39 is 17.7 Å². The topological polar surface area (TPSA) is 75.6 Å². The largest absolute Gasteiger partial charge is 0.478 e. The van der Waals surface area contributed by atoms with E-state index in [2.05, 4.69) is 10.1 Å². The number of rotatable bonds is 5. The van der Waals surface area contributed by atoms with E-state index in [1.165, 1.54) is 25.3 Å². The van der Waals surface area contributed by atoms with E-state index >= 15 is 0 Å². The number of methoxy groups -OCH3 is 1. The number of aliphatic carboxylic acids is 1. The first-order chi connectivity index (χ1) is 8.52. The van der Waals surface area contributed by atoms with Crippen LogP contribution in [0.1, 0.15) is 5.56 Å². The summed E-state index contributed by atoms with van der Waals surface area (Å²) in [5.41, 5.74) is 0.407. The fraction of sp³-hybridized carbons (Fsp3) is 0.167. The van der Waals surface area contributed by atoms with Crippen molar-refractivity contribution in [2.24, 2.45) is 0 Å². The van der Waals surface area contributed by atoms with Gasteiger partial charge in [-0.05, 0) is 23.8 Å². The number of carboxylic acids is 1. The molecule has 0 heterocycles. The quantitative estimate of drug-likeness (QED) is 0.780. The lowest BCUT2D eigenvalue weighted by Gasteiger charge is -2.06. The third-order valence-corrected chi connectivity index (χ3v) is 1.96. The molecule has 0 aliphatic rings. The van der Waals surface area contributed by atoms with Gasteiger partial charge < -0.3 is 15.2 Å². The molecule has 5 nitrogen and oxygen atoms in total. The molecule has 1 aromatic carbocycles. The number of nitrogens with one attached hydrogen (secondary N) is 1. The van der Waals surface area contributed by atoms with Crippen molar-refractivity contribution in [2.45, 2.75) is 0 Å². The highest BCUT2D eigenvalue weighted by Gasteiger charge is 2.06. The molecule has 6 heteroatoms. The Morgan fingerprint density at radius 3 is 2.78 bits per heavy atom. The minimum absolute atomic E-state index is 0.0181. The second-order valence-electron chi connectivity index (χ2n) is 3.39. The monoisotopic (exact) mass is 253 g/mol. The summed E-state index contributed by atoms with van der Waals surface area (Å²) in [4.78, 5) is 21.5. The first-order valence-corrected chi connectivity index (χ1v) is 5.02. The summed E-state index contributed by atoms with van der Waals surface area (Å²) in [5, 5.41) is 10.7. The number of carbonyl (C=O) groups is 2. The van der Waals surface area contributed by atoms with Crippen LogP contribution in [0.25, 0.3) is 6.08 Å². The summed E-state index contributed by atoms with van der Waals surface area (Å²) in [7, 11) is 1.36. The Hall–Kier alpha value is -2.21. The van der Waals surface area contributed by atoms with Crippen molar-refractivity contribution < 1.29 is 23.8 Å². The van der Waals surface area contributed by atoms with Crippen LogP contribution in [0.2, 0.25) is 0 Å². The molecule has 0 aliphatic carbocycles. The van der Waals surface area contributed by atoms with Gasteiger partial charge in [0, 0.05) is 13.2 Å². The molecule has 0 aromatic heterocycles. The van der Waals surface area contributed by atoms with Crippen LogP contribution in [-0.4, -0.2) is 30.7 Å². The summed E-state index contributed by atoms with van der Waals surface area (Å²) < 4.78 is 18.1. The Labute approximate surface area is 103 Å². The van der Waals surface area contributed by atoms with Crippen molar-refractivity contribution in [1.29, 1.82) is 0 Å². The Kier molecular flexibility index (Phi) is 5.01. The van der Waals surface area contributed by atoms with Gasteiger partial charge in [-0.3, -0.25) is 4.79 Å². The van der Waals surface area contributed by atoms with Gasteiger partial charge >= 0.3 is 5.97 Å². The first kappa shape index (κ1) is 13.9. The maximum Gasteiger partial charge on any atom is 0.328 e. The van der Waals surface area contributed by atoms with Gasteiger partial charge in [0.1, 0.15) is 12.4 Å². The second kappa shape index (κ2) is 6.51. The lowest BCUT2D eigenvalue weighted by atomic mass is 10.2. The first-order valence-electron chi connectivity index (χ1n) is 5.02. The van der Waals surface area contributed by atoms with Crippen LogP contribution in [-0.2, 0) is 14.3 Å². The molecule has 1 amide bonds. The van der Waals surface area contributed by atoms with Gasteiger partial charge in [-0.25, -0.2) is 9.18 Å². The van der Waals surface area contributed by atoms with Crippen molar-refractivity contribution in [3.05, 3.63) is 35.7 Å². The number of carbonyl (C=O) groups excluding carboxylic acids is 1. The van der Waals surface area contributed by atoms with E-state index in [4.69, 9.17) is 5.11 Å². The molecule has 18 heavy (non-hydrogen) atoms. The summed E-state index contributed by atoms with van der Waals surface area (Å²) in [6.45, 7) is -0.167. The number of amides is 1. The summed E-state index contributed by atoms with van der Waals surface area (Å²) in [5.74, 6) is -2.23. The number of ether oxygens (including phenoxy) is 1. The lowest BCUT2D eigenvalue weighted by Crippen LogP contribution is -2.17. The minimum atomic E-state index is -1.12. The van der Waals surface area contributed by atoms with Gasteiger partial charge in [0.15, 0.2) is 0 Å². The number of anilines is 1. The van der Waals surface area contributed by atoms with Gasteiger partial charge in [-0.1, -0.05) is 6.07 Å². The predicted octanol–water partition coefficient (Wildman–Crippen LogP) is 1.51. The zero-order valence-corrected chi connectivity index (χ0v) is 9.64. The van der Waals surface area contributed by atoms with Crippen molar-refractivity contribution in [1.82, 2.24) is 0 Å². The fourth-order valence-electron chi connectivity index (χ4n) is 1.22. The maximum absolute atomic E-state index is 13.5. The Morgan fingerprint density at radius 2 is 2.22 bits per heavy atom. The Bertz CT molecular complexity index is 485. The van der Waals surface area contributed by atoms with E-state index in [0.717, 1.165) is 12.1 Å². The van der Waals surface area contributed by atoms with E-state index in [1.807, 2.05) is 0 Å². The van der Waals surface area contributed by atoms with Gasteiger partial charge in [0.2, 0.25) is 5.91 Å². The zero-order chi connectivity index (χ0) is 13.5. The number of hydrogen-bond donors (Lipinski definition) is 2. The van der Waals surface area contributed by atoms with Crippen LogP contribution >= 0.6 is 0 Å². The highest BCUT2D eigenvalue weighted by atomic mass is 19.1. The molecule has 0 radical (unpaired) electrons. The SMILES string of the molecule is COCC(=O)Nc1ccc(/C=C/C(=O)O)cc1F. The smallest absolute Gasteiger partial charge is 0.328 e. The van der Waals surface area contributed by atoms with E-state index in [0.29, 0.717) is 5.56 Å². The molecular weight excluding hydrogens is 241 g/mol. The molecule has 0 saturated heterocycles. The number of halogens is 1. The third kappa shape index (κ3) is 4.34.